The largest absolute Gasteiger partial charge is 0.461 e. The van der Waals surface area contributed by atoms with E-state index in [9.17, 15) is 45.6 Å². The zero-order chi connectivity index (χ0) is 40.7. The first-order valence-corrected chi connectivity index (χ1v) is 21.0. The molecule has 0 unspecified atom stereocenters. The maximum atomic E-state index is 13.6. The Labute approximate surface area is 329 Å². The first-order valence-electron chi connectivity index (χ1n) is 21.0. The van der Waals surface area contributed by atoms with E-state index in [-0.39, 0.29) is 51.7 Å². The van der Waals surface area contributed by atoms with E-state index in [1.54, 1.807) is 0 Å². The summed E-state index contributed by atoms with van der Waals surface area (Å²) in [5, 5.41) is 85.2. The van der Waals surface area contributed by atoms with Gasteiger partial charge in [-0.3, -0.25) is 4.79 Å². The van der Waals surface area contributed by atoms with Gasteiger partial charge in [0.1, 0.15) is 60.4 Å². The molecule has 3 aliphatic heterocycles. The number of hydrogen-bond donors (Lipinski definition) is 8. The van der Waals surface area contributed by atoms with Crippen LogP contribution in [0.2, 0.25) is 0 Å². The summed E-state index contributed by atoms with van der Waals surface area (Å²) in [7, 11) is 0. The molecule has 2 bridgehead atoms. The molecule has 8 aliphatic rings. The van der Waals surface area contributed by atoms with Gasteiger partial charge in [-0.05, 0) is 84.4 Å². The predicted molar refractivity (Wildman–Crippen MR) is 197 cm³/mol. The number of allylic oxidation sites excluding steroid dienone is 2. The van der Waals surface area contributed by atoms with E-state index < -0.39 is 91.6 Å². The van der Waals surface area contributed by atoms with E-state index in [0.29, 0.717) is 25.2 Å². The summed E-state index contributed by atoms with van der Waals surface area (Å²) in [6, 6.07) is 0. The number of ether oxygens (including phenoxy) is 5. The van der Waals surface area contributed by atoms with Gasteiger partial charge in [-0.25, -0.2) is 0 Å². The van der Waals surface area contributed by atoms with Crippen LogP contribution in [0.3, 0.4) is 0 Å². The Balaban J connectivity index is 0.998. The molecule has 3 saturated heterocycles. The van der Waals surface area contributed by atoms with E-state index >= 15 is 0 Å². The van der Waals surface area contributed by atoms with Crippen molar-refractivity contribution >= 4 is 5.97 Å². The van der Waals surface area contributed by atoms with Crippen molar-refractivity contribution in [2.24, 2.45) is 50.2 Å². The van der Waals surface area contributed by atoms with Gasteiger partial charge in [-0.15, -0.1) is 0 Å². The predicted octanol–water partition coefficient (Wildman–Crippen LogP) is 1.30. The highest BCUT2D eigenvalue weighted by atomic mass is 16.7. The minimum Gasteiger partial charge on any atom is -0.461 e. The number of esters is 1. The quantitative estimate of drug-likeness (QED) is 0.108. The lowest BCUT2D eigenvalue weighted by atomic mass is 9.33. The summed E-state index contributed by atoms with van der Waals surface area (Å²) in [5.74, 6) is 0.258. The molecule has 0 aromatic carbocycles. The van der Waals surface area contributed by atoms with Crippen LogP contribution in [0.15, 0.2) is 11.6 Å². The van der Waals surface area contributed by atoms with Crippen molar-refractivity contribution in [1.82, 2.24) is 0 Å². The van der Waals surface area contributed by atoms with Gasteiger partial charge < -0.3 is 64.5 Å². The van der Waals surface area contributed by atoms with Crippen molar-refractivity contribution < 1.29 is 69.3 Å². The second-order valence-corrected chi connectivity index (χ2v) is 20.9. The third kappa shape index (κ3) is 5.60. The zero-order valence-electron chi connectivity index (χ0n) is 33.9. The number of carbonyl (C=O) groups excluding carboxylic acids is 1. The van der Waals surface area contributed by atoms with Crippen LogP contribution in [0, 0.1) is 50.2 Å². The third-order valence-electron chi connectivity index (χ3n) is 17.6. The number of fused-ring (bicyclic) bond motifs is 7. The van der Waals surface area contributed by atoms with Crippen molar-refractivity contribution in [2.75, 3.05) is 13.2 Å². The van der Waals surface area contributed by atoms with Crippen LogP contribution in [-0.2, 0) is 28.5 Å². The SMILES string of the molecule is CC1(C)C[C@@H]2C3=CC[C@@H]4[C@@]5(C)CC[C@H](O[C@@H]6O[C@H](CO[C@@H]7O[C@H](CO)[C@@H](O)[C@H](O)[C@H]7O)[C@@H](O)[C@H](O)[C@H]6O)C(C)(C)[C@@H]5CC[C@@]4(C)[C@]3(C)C[C@H](O)[C@@]23C[C@@H]1OC3=O. The summed E-state index contributed by atoms with van der Waals surface area (Å²) in [4.78, 5) is 13.6. The minimum absolute atomic E-state index is 0.0522. The Morgan fingerprint density at radius 1 is 0.750 bits per heavy atom. The second-order valence-electron chi connectivity index (χ2n) is 20.9. The van der Waals surface area contributed by atoms with Crippen molar-refractivity contribution in [3.05, 3.63) is 11.6 Å². The molecule has 318 valence electrons. The van der Waals surface area contributed by atoms with Crippen molar-refractivity contribution in [3.8, 4) is 0 Å². The maximum Gasteiger partial charge on any atom is 0.315 e. The van der Waals surface area contributed by atoms with Crippen LogP contribution in [0.1, 0.15) is 99.8 Å². The fraction of sp³-hybridized carbons (Fsp3) is 0.929. The van der Waals surface area contributed by atoms with Crippen LogP contribution in [0.25, 0.3) is 0 Å². The molecule has 1 spiro atoms. The van der Waals surface area contributed by atoms with Crippen LogP contribution >= 0.6 is 0 Å². The van der Waals surface area contributed by atoms with Gasteiger partial charge in [0, 0.05) is 11.8 Å². The summed E-state index contributed by atoms with van der Waals surface area (Å²) < 4.78 is 29.7. The minimum atomic E-state index is -1.66. The Morgan fingerprint density at radius 2 is 1.39 bits per heavy atom. The van der Waals surface area contributed by atoms with Crippen molar-refractivity contribution in [3.63, 3.8) is 0 Å². The van der Waals surface area contributed by atoms with Crippen LogP contribution in [0.5, 0.6) is 0 Å². The van der Waals surface area contributed by atoms with Gasteiger partial charge in [0.2, 0.25) is 0 Å². The highest BCUT2D eigenvalue weighted by Gasteiger charge is 2.74. The fourth-order valence-electron chi connectivity index (χ4n) is 14.1. The third-order valence-corrected chi connectivity index (χ3v) is 17.6. The second kappa shape index (κ2) is 13.6. The Morgan fingerprint density at radius 3 is 2.07 bits per heavy atom. The van der Waals surface area contributed by atoms with Crippen LogP contribution in [-0.4, -0.2) is 140 Å². The molecule has 8 rings (SSSR count). The molecule has 5 aliphatic carbocycles. The number of aliphatic hydroxyl groups excluding tert-OH is 8. The van der Waals surface area contributed by atoms with Gasteiger partial charge in [-0.2, -0.15) is 0 Å². The first-order chi connectivity index (χ1) is 26.1. The summed E-state index contributed by atoms with van der Waals surface area (Å²) in [6.07, 6.45) is -7.50. The van der Waals surface area contributed by atoms with Gasteiger partial charge >= 0.3 is 5.97 Å². The van der Waals surface area contributed by atoms with Gasteiger partial charge in [0.25, 0.3) is 0 Å². The lowest BCUT2D eigenvalue weighted by Crippen LogP contribution is -2.67. The maximum absolute atomic E-state index is 13.6. The standard InChI is InChI=1S/C42H66O14/c1-37(2)14-20-19-8-9-24-39(5)12-11-26(38(3,4)23(39)10-13-40(24,6)41(19,7)15-25(44)42(20)16-27(37)56-36(42)51)55-35-33(50)31(48)29(46)22(54-35)18-52-34-32(49)30(47)28(45)21(17-43)53-34/h8,20-35,43-50H,9-18H2,1-7H3/t20-,21-,22-,23+,24-,25+,26+,27+,28-,29-,30+,31+,32-,33-,34-,35+,39+,40-,41-,42-/m1/s1. The fourth-order valence-corrected chi connectivity index (χ4v) is 14.1. The molecule has 0 amide bonds. The first kappa shape index (κ1) is 41.5. The van der Waals surface area contributed by atoms with E-state index in [2.05, 4.69) is 54.5 Å². The smallest absolute Gasteiger partial charge is 0.315 e. The Hall–Kier alpha value is -1.27. The molecule has 56 heavy (non-hydrogen) atoms. The normalized spacial score (nSPS) is 55.8. The zero-order valence-corrected chi connectivity index (χ0v) is 33.9. The van der Waals surface area contributed by atoms with Crippen molar-refractivity contribution in [2.45, 2.75) is 180 Å². The average Bonchev–Trinajstić information content (AvgIpc) is 3.46. The van der Waals surface area contributed by atoms with E-state index in [0.717, 1.165) is 32.1 Å². The molecule has 7 fully saturated rings. The monoisotopic (exact) mass is 794 g/mol. The Bertz CT molecular complexity index is 1570. The number of rotatable bonds is 6. The van der Waals surface area contributed by atoms with Crippen molar-refractivity contribution in [1.29, 1.82) is 0 Å². The highest BCUT2D eigenvalue weighted by molar-refractivity contribution is 5.82. The highest BCUT2D eigenvalue weighted by Crippen LogP contribution is 2.76. The molecule has 0 radical (unpaired) electrons. The molecule has 20 atom stereocenters. The summed E-state index contributed by atoms with van der Waals surface area (Å²) >= 11 is 0. The van der Waals surface area contributed by atoms with Gasteiger partial charge in [0.15, 0.2) is 12.6 Å². The summed E-state index contributed by atoms with van der Waals surface area (Å²) in [6.45, 7) is 14.9. The topological polar surface area (TPSA) is 225 Å². The lowest BCUT2D eigenvalue weighted by molar-refractivity contribution is -0.345. The lowest BCUT2D eigenvalue weighted by Gasteiger charge is -2.71. The van der Waals surface area contributed by atoms with Crippen LogP contribution in [0.4, 0.5) is 0 Å². The molecule has 0 aromatic rings. The average molecular weight is 795 g/mol. The number of carbonyl (C=O) groups is 1. The molecule has 14 nitrogen and oxygen atoms in total. The molecule has 4 saturated carbocycles. The van der Waals surface area contributed by atoms with Gasteiger partial charge in [0.05, 0.1) is 25.4 Å². The molecule has 8 N–H and O–H groups in total. The van der Waals surface area contributed by atoms with E-state index in [1.165, 1.54) is 5.57 Å². The molecule has 14 heteroatoms. The van der Waals surface area contributed by atoms with E-state index in [4.69, 9.17) is 23.7 Å². The number of aliphatic hydroxyl groups is 8. The van der Waals surface area contributed by atoms with Gasteiger partial charge in [-0.1, -0.05) is 60.1 Å². The Kier molecular flexibility index (Phi) is 10.1. The molecular weight excluding hydrogens is 728 g/mol. The van der Waals surface area contributed by atoms with E-state index in [1.807, 2.05) is 0 Å². The summed E-state index contributed by atoms with van der Waals surface area (Å²) in [5.41, 5.74) is -0.606. The molecule has 0 aromatic heterocycles. The molecule has 3 heterocycles. The van der Waals surface area contributed by atoms with Crippen LogP contribution < -0.4 is 0 Å². The number of hydrogen-bond acceptors (Lipinski definition) is 14. The molecular formula is C42H66O14.